The van der Waals surface area contributed by atoms with Crippen LogP contribution in [0.1, 0.15) is 40.0 Å². The molecule has 0 aromatic carbocycles. The lowest BCUT2D eigenvalue weighted by molar-refractivity contribution is -0.123. The summed E-state index contributed by atoms with van der Waals surface area (Å²) in [5.74, 6) is 2.82. The molecule has 4 nitrogen and oxygen atoms in total. The molecule has 2 aliphatic rings. The van der Waals surface area contributed by atoms with Gasteiger partial charge in [0.1, 0.15) is 0 Å². The number of carbonyl (C=O) groups is 1. The number of hydrogen-bond donors (Lipinski definition) is 2. The summed E-state index contributed by atoms with van der Waals surface area (Å²) in [5.41, 5.74) is 0.136. The molecule has 0 aromatic rings. The molecule has 0 spiro atoms. The predicted molar refractivity (Wildman–Crippen MR) is 88.7 cm³/mol. The molecule has 3 atom stereocenters. The van der Waals surface area contributed by atoms with Crippen molar-refractivity contribution in [2.45, 2.75) is 52.2 Å². The summed E-state index contributed by atoms with van der Waals surface area (Å²) in [6.45, 7) is 9.30. The maximum atomic E-state index is 12.1. The van der Waals surface area contributed by atoms with E-state index in [0.717, 1.165) is 44.0 Å². The molecule has 21 heavy (non-hydrogen) atoms. The van der Waals surface area contributed by atoms with Crippen LogP contribution in [0.4, 0.5) is 0 Å². The van der Waals surface area contributed by atoms with E-state index in [1.165, 1.54) is 0 Å². The summed E-state index contributed by atoms with van der Waals surface area (Å²) in [4.78, 5) is 12.1. The maximum Gasteiger partial charge on any atom is 0.221 e. The number of thioether (sulfide) groups is 1. The zero-order valence-corrected chi connectivity index (χ0v) is 14.4. The molecule has 2 rings (SSSR count). The smallest absolute Gasteiger partial charge is 0.221 e. The van der Waals surface area contributed by atoms with Crippen molar-refractivity contribution in [3.63, 3.8) is 0 Å². The summed E-state index contributed by atoms with van der Waals surface area (Å²) in [5, 5.41) is 6.55. The van der Waals surface area contributed by atoms with E-state index >= 15 is 0 Å². The first kappa shape index (κ1) is 17.1. The Morgan fingerprint density at radius 1 is 1.43 bits per heavy atom. The fraction of sp³-hybridized carbons (Fsp3) is 0.938. The van der Waals surface area contributed by atoms with E-state index in [9.17, 15) is 4.79 Å². The van der Waals surface area contributed by atoms with Crippen molar-refractivity contribution in [1.82, 2.24) is 10.6 Å². The van der Waals surface area contributed by atoms with Crippen LogP contribution in [0, 0.1) is 11.3 Å². The number of rotatable bonds is 4. The maximum absolute atomic E-state index is 12.1. The van der Waals surface area contributed by atoms with E-state index in [2.05, 4.69) is 31.4 Å². The summed E-state index contributed by atoms with van der Waals surface area (Å²) < 4.78 is 5.97. The van der Waals surface area contributed by atoms with Crippen LogP contribution in [-0.2, 0) is 9.53 Å². The number of ether oxygens (including phenoxy) is 1. The van der Waals surface area contributed by atoms with E-state index in [4.69, 9.17) is 4.74 Å². The Bertz CT molecular complexity index is 338. The van der Waals surface area contributed by atoms with E-state index in [0.29, 0.717) is 18.4 Å². The van der Waals surface area contributed by atoms with Crippen molar-refractivity contribution in [3.8, 4) is 0 Å². The Hall–Kier alpha value is -0.260. The lowest BCUT2D eigenvalue weighted by Crippen LogP contribution is -2.46. The molecule has 2 N–H and O–H groups in total. The summed E-state index contributed by atoms with van der Waals surface area (Å²) in [6.07, 6.45) is 3.10. The lowest BCUT2D eigenvalue weighted by atomic mass is 9.78. The summed E-state index contributed by atoms with van der Waals surface area (Å²) in [6, 6.07) is 0.338. The van der Waals surface area contributed by atoms with Crippen molar-refractivity contribution in [1.29, 1.82) is 0 Å². The van der Waals surface area contributed by atoms with Crippen LogP contribution in [0.15, 0.2) is 0 Å². The Labute approximate surface area is 133 Å². The highest BCUT2D eigenvalue weighted by molar-refractivity contribution is 7.99. The minimum atomic E-state index is 0.136. The average molecular weight is 314 g/mol. The van der Waals surface area contributed by atoms with Crippen LogP contribution in [0.25, 0.3) is 0 Å². The van der Waals surface area contributed by atoms with Gasteiger partial charge < -0.3 is 15.4 Å². The van der Waals surface area contributed by atoms with Crippen molar-refractivity contribution in [2.24, 2.45) is 11.3 Å². The van der Waals surface area contributed by atoms with Gasteiger partial charge in [-0.2, -0.15) is 11.8 Å². The average Bonchev–Trinajstić information content (AvgIpc) is 2.45. The van der Waals surface area contributed by atoms with Crippen molar-refractivity contribution < 1.29 is 9.53 Å². The number of carbonyl (C=O) groups excluding carboxylic acids is 1. The fourth-order valence-corrected chi connectivity index (χ4v) is 4.25. The van der Waals surface area contributed by atoms with Gasteiger partial charge in [-0.25, -0.2) is 0 Å². The minimum Gasteiger partial charge on any atom is -0.377 e. The molecular formula is C16H30N2O2S. The molecule has 2 fully saturated rings. The largest absolute Gasteiger partial charge is 0.377 e. The highest BCUT2D eigenvalue weighted by atomic mass is 32.2. The molecule has 0 radical (unpaired) electrons. The number of nitrogens with one attached hydrogen (secondary N) is 2. The first-order valence-corrected chi connectivity index (χ1v) is 9.31. The zero-order chi connectivity index (χ0) is 15.3. The molecule has 0 saturated carbocycles. The second kappa shape index (κ2) is 7.84. The highest BCUT2D eigenvalue weighted by Gasteiger charge is 2.35. The van der Waals surface area contributed by atoms with Gasteiger partial charge in [-0.15, -0.1) is 0 Å². The van der Waals surface area contributed by atoms with E-state index in [1.807, 2.05) is 11.8 Å². The van der Waals surface area contributed by atoms with Crippen molar-refractivity contribution in [2.75, 3.05) is 31.2 Å². The van der Waals surface area contributed by atoms with Crippen molar-refractivity contribution >= 4 is 17.7 Å². The second-order valence-electron chi connectivity index (χ2n) is 7.29. The topological polar surface area (TPSA) is 50.4 Å². The first-order chi connectivity index (χ1) is 9.97. The summed E-state index contributed by atoms with van der Waals surface area (Å²) in [7, 11) is 0. The quantitative estimate of drug-likeness (QED) is 0.834. The third-order valence-electron chi connectivity index (χ3n) is 4.29. The minimum absolute atomic E-state index is 0.136. The molecular weight excluding hydrogens is 284 g/mol. The SMILES string of the molecule is CC(C)(C)C1OCCCC1CNC(=O)CC1CSCCN1. The van der Waals surface area contributed by atoms with Gasteiger partial charge in [-0.05, 0) is 18.3 Å². The Kier molecular flexibility index (Phi) is 6.38. The molecule has 2 heterocycles. The van der Waals surface area contributed by atoms with Gasteiger partial charge in [0.25, 0.3) is 0 Å². The molecule has 1 amide bonds. The number of hydrogen-bond acceptors (Lipinski definition) is 4. The normalized spacial score (nSPS) is 30.9. The van der Waals surface area contributed by atoms with E-state index in [-0.39, 0.29) is 17.4 Å². The van der Waals surface area contributed by atoms with Crippen LogP contribution in [0.5, 0.6) is 0 Å². The van der Waals surface area contributed by atoms with Crippen LogP contribution < -0.4 is 10.6 Å². The third-order valence-corrected chi connectivity index (χ3v) is 5.42. The molecule has 122 valence electrons. The van der Waals surface area contributed by atoms with Gasteiger partial charge in [-0.3, -0.25) is 4.79 Å². The predicted octanol–water partition coefficient (Wildman–Crippen LogP) is 2.04. The van der Waals surface area contributed by atoms with Gasteiger partial charge in [0.05, 0.1) is 6.10 Å². The molecule has 5 heteroatoms. The Balaban J connectivity index is 1.76. The van der Waals surface area contributed by atoms with Gasteiger partial charge in [0, 0.05) is 49.6 Å². The van der Waals surface area contributed by atoms with Gasteiger partial charge >= 0.3 is 0 Å². The molecule has 3 unspecified atom stereocenters. The summed E-state index contributed by atoms with van der Waals surface area (Å²) >= 11 is 1.93. The third kappa shape index (κ3) is 5.46. The fourth-order valence-electron chi connectivity index (χ4n) is 3.30. The molecule has 0 aliphatic carbocycles. The zero-order valence-electron chi connectivity index (χ0n) is 13.6. The first-order valence-electron chi connectivity index (χ1n) is 8.16. The monoisotopic (exact) mass is 314 g/mol. The second-order valence-corrected chi connectivity index (χ2v) is 8.44. The van der Waals surface area contributed by atoms with Gasteiger partial charge in [-0.1, -0.05) is 20.8 Å². The molecule has 0 bridgehead atoms. The van der Waals surface area contributed by atoms with E-state index in [1.54, 1.807) is 0 Å². The van der Waals surface area contributed by atoms with Crippen LogP contribution in [0.2, 0.25) is 0 Å². The van der Waals surface area contributed by atoms with Crippen LogP contribution in [-0.4, -0.2) is 49.3 Å². The number of amides is 1. The Morgan fingerprint density at radius 2 is 2.24 bits per heavy atom. The van der Waals surface area contributed by atoms with Crippen LogP contribution >= 0.6 is 11.8 Å². The molecule has 2 saturated heterocycles. The van der Waals surface area contributed by atoms with Gasteiger partial charge in [0.15, 0.2) is 0 Å². The van der Waals surface area contributed by atoms with Crippen molar-refractivity contribution in [3.05, 3.63) is 0 Å². The van der Waals surface area contributed by atoms with Gasteiger partial charge in [0.2, 0.25) is 5.91 Å². The lowest BCUT2D eigenvalue weighted by Gasteiger charge is -2.40. The molecule has 0 aromatic heterocycles. The molecule has 2 aliphatic heterocycles. The van der Waals surface area contributed by atoms with Crippen LogP contribution in [0.3, 0.4) is 0 Å². The Morgan fingerprint density at radius 3 is 2.90 bits per heavy atom. The standard InChI is InChI=1S/C16H30N2O2S/c1-16(2,3)15-12(5-4-7-20-15)10-18-14(19)9-13-11-21-8-6-17-13/h12-13,15,17H,4-11H2,1-3H3,(H,18,19). The highest BCUT2D eigenvalue weighted by Crippen LogP contribution is 2.33. The van der Waals surface area contributed by atoms with E-state index < -0.39 is 0 Å².